The summed E-state index contributed by atoms with van der Waals surface area (Å²) in [5.74, 6) is -1.37. The fourth-order valence-corrected chi connectivity index (χ4v) is 1.20. The maximum atomic E-state index is 11.1. The van der Waals surface area contributed by atoms with Crippen LogP contribution in [0, 0.1) is 0 Å². The second-order valence-corrected chi connectivity index (χ2v) is 3.30. The molecule has 90 valence electrons. The third-order valence-corrected chi connectivity index (χ3v) is 1.99. The molecule has 0 heterocycles. The predicted molar refractivity (Wildman–Crippen MR) is 61.0 cm³/mol. The van der Waals surface area contributed by atoms with Crippen molar-refractivity contribution in [3.63, 3.8) is 0 Å². The normalized spacial score (nSPS) is 10.4. The molecule has 0 aromatic heterocycles. The van der Waals surface area contributed by atoms with E-state index in [2.05, 4.69) is 0 Å². The Morgan fingerprint density at radius 2 is 2.12 bits per heavy atom. The molecule has 2 N–H and O–H groups in total. The van der Waals surface area contributed by atoms with Crippen LogP contribution in [-0.4, -0.2) is 29.1 Å². The zero-order valence-corrected chi connectivity index (χ0v) is 9.21. The highest BCUT2D eigenvalue weighted by Crippen LogP contribution is 2.26. The number of allylic oxidation sites excluding steroid dienone is 1. The van der Waals surface area contributed by atoms with Crippen molar-refractivity contribution in [2.75, 3.05) is 7.11 Å². The van der Waals surface area contributed by atoms with Crippen LogP contribution in [-0.2, 0) is 9.59 Å². The van der Waals surface area contributed by atoms with Gasteiger partial charge < -0.3 is 14.9 Å². The van der Waals surface area contributed by atoms with Gasteiger partial charge in [-0.25, -0.2) is 0 Å². The van der Waals surface area contributed by atoms with Gasteiger partial charge in [0.15, 0.2) is 17.3 Å². The van der Waals surface area contributed by atoms with E-state index in [9.17, 15) is 14.7 Å². The fraction of sp³-hybridized carbons (Fsp3) is 0.167. The lowest BCUT2D eigenvalue weighted by molar-refractivity contribution is -0.139. The minimum atomic E-state index is -1.16. The van der Waals surface area contributed by atoms with Crippen molar-refractivity contribution >= 4 is 17.8 Å². The third-order valence-electron chi connectivity index (χ3n) is 1.99. The van der Waals surface area contributed by atoms with E-state index in [4.69, 9.17) is 9.84 Å². The predicted octanol–water partition coefficient (Wildman–Crippen LogP) is 1.46. The molecule has 0 amide bonds. The second-order valence-electron chi connectivity index (χ2n) is 3.30. The summed E-state index contributed by atoms with van der Waals surface area (Å²) in [4.78, 5) is 21.4. The quantitative estimate of drug-likeness (QED) is 0.597. The van der Waals surface area contributed by atoms with Gasteiger partial charge >= 0.3 is 5.97 Å². The molecule has 5 nitrogen and oxygen atoms in total. The Balaban J connectivity index is 2.78. The molecule has 0 spiro atoms. The van der Waals surface area contributed by atoms with Crippen LogP contribution in [0.25, 0.3) is 6.08 Å². The molecule has 0 saturated heterocycles. The van der Waals surface area contributed by atoms with Crippen molar-refractivity contribution in [2.45, 2.75) is 6.42 Å². The van der Waals surface area contributed by atoms with Crippen LogP contribution in [0.3, 0.4) is 0 Å². The summed E-state index contributed by atoms with van der Waals surface area (Å²) >= 11 is 0. The van der Waals surface area contributed by atoms with Gasteiger partial charge in [-0.15, -0.1) is 0 Å². The van der Waals surface area contributed by atoms with Gasteiger partial charge in [0.25, 0.3) is 0 Å². The lowest BCUT2D eigenvalue weighted by atomic mass is 10.1. The average Bonchev–Trinajstić information content (AvgIpc) is 2.27. The molecule has 0 aliphatic heterocycles. The summed E-state index contributed by atoms with van der Waals surface area (Å²) in [5, 5.41) is 17.7. The minimum absolute atomic E-state index is 0.00140. The summed E-state index contributed by atoms with van der Waals surface area (Å²) in [6.45, 7) is 0. The summed E-state index contributed by atoms with van der Waals surface area (Å²) in [6, 6.07) is 4.56. The first-order valence-corrected chi connectivity index (χ1v) is 4.82. The van der Waals surface area contributed by atoms with Crippen molar-refractivity contribution in [3.8, 4) is 11.5 Å². The minimum Gasteiger partial charge on any atom is -0.504 e. The number of carboxylic acid groups (broad SMARTS) is 1. The lowest BCUT2D eigenvalue weighted by Gasteiger charge is -2.03. The molecule has 0 aliphatic rings. The number of aliphatic carboxylic acids is 1. The molecule has 1 rings (SSSR count). The van der Waals surface area contributed by atoms with Crippen LogP contribution in [0.4, 0.5) is 0 Å². The smallest absolute Gasteiger partial charge is 0.311 e. The number of benzene rings is 1. The molecule has 17 heavy (non-hydrogen) atoms. The molecule has 0 saturated carbocycles. The van der Waals surface area contributed by atoms with Crippen LogP contribution in [0.15, 0.2) is 24.3 Å². The molecule has 0 fully saturated rings. The van der Waals surface area contributed by atoms with Gasteiger partial charge in [-0.2, -0.15) is 0 Å². The number of phenols is 1. The number of hydrogen-bond acceptors (Lipinski definition) is 4. The Morgan fingerprint density at radius 3 is 2.71 bits per heavy atom. The summed E-state index contributed by atoms with van der Waals surface area (Å²) < 4.78 is 4.89. The first kappa shape index (κ1) is 12.8. The van der Waals surface area contributed by atoms with E-state index in [0.717, 1.165) is 0 Å². The number of hydrogen-bond donors (Lipinski definition) is 2. The van der Waals surface area contributed by atoms with Crippen molar-refractivity contribution in [1.82, 2.24) is 0 Å². The summed E-state index contributed by atoms with van der Waals surface area (Å²) in [6.07, 6.45) is 2.11. The Labute approximate surface area is 98.0 Å². The monoisotopic (exact) mass is 236 g/mol. The fourth-order valence-electron chi connectivity index (χ4n) is 1.20. The van der Waals surface area contributed by atoms with Gasteiger partial charge in [-0.05, 0) is 23.8 Å². The van der Waals surface area contributed by atoms with E-state index in [1.807, 2.05) is 0 Å². The van der Waals surface area contributed by atoms with Crippen LogP contribution in [0.2, 0.25) is 0 Å². The summed E-state index contributed by atoms with van der Waals surface area (Å²) in [5.41, 5.74) is 0.637. The van der Waals surface area contributed by atoms with E-state index in [1.165, 1.54) is 25.3 Å². The maximum Gasteiger partial charge on any atom is 0.311 e. The second kappa shape index (κ2) is 5.69. The Hall–Kier alpha value is -2.30. The van der Waals surface area contributed by atoms with Crippen molar-refractivity contribution in [2.24, 2.45) is 0 Å². The van der Waals surface area contributed by atoms with E-state index >= 15 is 0 Å². The van der Waals surface area contributed by atoms with Crippen molar-refractivity contribution < 1.29 is 24.5 Å². The number of phenolic OH excluding ortho intramolecular Hbond substituents is 1. The molecular formula is C12H12O5. The first-order valence-electron chi connectivity index (χ1n) is 4.82. The Morgan fingerprint density at radius 1 is 1.41 bits per heavy atom. The Kier molecular flexibility index (Phi) is 4.28. The van der Waals surface area contributed by atoms with E-state index < -0.39 is 18.2 Å². The van der Waals surface area contributed by atoms with E-state index in [0.29, 0.717) is 5.56 Å². The van der Waals surface area contributed by atoms with Crippen LogP contribution < -0.4 is 4.74 Å². The molecule has 1 aromatic rings. The number of carboxylic acids is 1. The highest BCUT2D eigenvalue weighted by atomic mass is 16.5. The average molecular weight is 236 g/mol. The summed E-state index contributed by atoms with van der Waals surface area (Å²) in [7, 11) is 1.41. The standard InChI is InChI=1S/C12H12O5/c1-17-11-6-8(3-5-10(11)14)2-4-9(13)7-12(15)16/h2-6,14H,7H2,1H3,(H,15,16). The maximum absolute atomic E-state index is 11.1. The zero-order chi connectivity index (χ0) is 12.8. The number of carbonyl (C=O) groups excluding carboxylic acids is 1. The van der Waals surface area contributed by atoms with E-state index in [1.54, 1.807) is 12.1 Å². The molecule has 5 heteroatoms. The SMILES string of the molecule is COc1cc(C=CC(=O)CC(=O)O)ccc1O. The Bertz CT molecular complexity index is 462. The van der Waals surface area contributed by atoms with Crippen LogP contribution in [0.1, 0.15) is 12.0 Å². The number of aromatic hydroxyl groups is 1. The van der Waals surface area contributed by atoms with Gasteiger partial charge in [0.2, 0.25) is 0 Å². The third kappa shape index (κ3) is 3.98. The lowest BCUT2D eigenvalue weighted by Crippen LogP contribution is -2.02. The molecule has 0 atom stereocenters. The van der Waals surface area contributed by atoms with Gasteiger partial charge in [0.05, 0.1) is 7.11 Å². The largest absolute Gasteiger partial charge is 0.504 e. The topological polar surface area (TPSA) is 83.8 Å². The first-order chi connectivity index (χ1) is 8.02. The van der Waals surface area contributed by atoms with Crippen LogP contribution >= 0.6 is 0 Å². The molecular weight excluding hydrogens is 224 g/mol. The zero-order valence-electron chi connectivity index (χ0n) is 9.21. The molecule has 0 radical (unpaired) electrons. The van der Waals surface area contributed by atoms with Gasteiger partial charge in [-0.1, -0.05) is 12.1 Å². The van der Waals surface area contributed by atoms with Crippen molar-refractivity contribution in [1.29, 1.82) is 0 Å². The number of methoxy groups -OCH3 is 1. The van der Waals surface area contributed by atoms with Crippen LogP contribution in [0.5, 0.6) is 11.5 Å². The molecule has 0 unspecified atom stereocenters. The molecule has 0 bridgehead atoms. The highest BCUT2D eigenvalue weighted by molar-refractivity contribution is 6.03. The number of rotatable bonds is 5. The number of ether oxygens (including phenoxy) is 1. The highest BCUT2D eigenvalue weighted by Gasteiger charge is 2.04. The number of ketones is 1. The van der Waals surface area contributed by atoms with Gasteiger partial charge in [0.1, 0.15) is 6.42 Å². The number of carbonyl (C=O) groups is 2. The molecule has 0 aliphatic carbocycles. The molecule has 1 aromatic carbocycles. The van der Waals surface area contributed by atoms with Gasteiger partial charge in [-0.3, -0.25) is 9.59 Å². The van der Waals surface area contributed by atoms with Crippen molar-refractivity contribution in [3.05, 3.63) is 29.8 Å². The van der Waals surface area contributed by atoms with Gasteiger partial charge in [0, 0.05) is 0 Å². The van der Waals surface area contributed by atoms with E-state index in [-0.39, 0.29) is 11.5 Å².